The summed E-state index contributed by atoms with van der Waals surface area (Å²) in [5.74, 6) is -0.702. The number of hydrogen-bond donors (Lipinski definition) is 1. The molecule has 2 rings (SSSR count). The topological polar surface area (TPSA) is 116 Å². The summed E-state index contributed by atoms with van der Waals surface area (Å²) in [5.41, 5.74) is 1.17. The molecule has 9 heteroatoms. The van der Waals surface area contributed by atoms with Crippen LogP contribution in [-0.2, 0) is 19.6 Å². The van der Waals surface area contributed by atoms with Crippen LogP contribution in [0.3, 0.4) is 0 Å². The molecule has 8 nitrogen and oxygen atoms in total. The van der Waals surface area contributed by atoms with Gasteiger partial charge in [0.1, 0.15) is 6.54 Å². The lowest BCUT2D eigenvalue weighted by molar-refractivity contribution is -0.384. The number of ether oxygens (including phenoxy) is 1. The molecule has 0 saturated carbocycles. The van der Waals surface area contributed by atoms with Crippen molar-refractivity contribution in [3.05, 3.63) is 58.6 Å². The van der Waals surface area contributed by atoms with Crippen LogP contribution in [0.15, 0.2) is 53.4 Å². The van der Waals surface area contributed by atoms with Crippen molar-refractivity contribution in [1.29, 1.82) is 0 Å². The number of esters is 1. The minimum Gasteiger partial charge on any atom is -0.468 e. The van der Waals surface area contributed by atoms with Gasteiger partial charge < -0.3 is 4.74 Å². The van der Waals surface area contributed by atoms with Crippen LogP contribution >= 0.6 is 0 Å². The SMILES string of the molecule is COC(=O)CNS(=O)(=O)c1ccc(-c2cccc([N+](=O)[O-])c2)cc1. The summed E-state index contributed by atoms with van der Waals surface area (Å²) in [6.07, 6.45) is 0. The van der Waals surface area contributed by atoms with Gasteiger partial charge in [0, 0.05) is 12.1 Å². The first-order valence-corrected chi connectivity index (χ1v) is 8.23. The molecular weight excluding hydrogens is 336 g/mol. The predicted molar refractivity (Wildman–Crippen MR) is 85.7 cm³/mol. The zero-order valence-electron chi connectivity index (χ0n) is 12.6. The van der Waals surface area contributed by atoms with Crippen LogP contribution in [0.5, 0.6) is 0 Å². The number of rotatable bonds is 6. The Kier molecular flexibility index (Phi) is 5.27. The molecule has 0 atom stereocenters. The fourth-order valence-corrected chi connectivity index (χ4v) is 2.90. The second-order valence-corrected chi connectivity index (χ2v) is 6.50. The van der Waals surface area contributed by atoms with Crippen molar-refractivity contribution in [3.8, 4) is 11.1 Å². The van der Waals surface area contributed by atoms with Gasteiger partial charge in [-0.15, -0.1) is 0 Å². The standard InChI is InChI=1S/C15H14N2O6S/c1-23-15(18)10-16-24(21,22)14-7-5-11(6-8-14)12-3-2-4-13(9-12)17(19)20/h2-9,16H,10H2,1H3. The molecule has 0 aliphatic heterocycles. The van der Waals surface area contributed by atoms with Crippen molar-refractivity contribution in [2.75, 3.05) is 13.7 Å². The maximum absolute atomic E-state index is 12.0. The number of carbonyl (C=O) groups excluding carboxylic acids is 1. The lowest BCUT2D eigenvalue weighted by Crippen LogP contribution is -2.30. The van der Waals surface area contributed by atoms with Crippen molar-refractivity contribution in [1.82, 2.24) is 4.72 Å². The van der Waals surface area contributed by atoms with Crippen LogP contribution in [0, 0.1) is 10.1 Å². The summed E-state index contributed by atoms with van der Waals surface area (Å²) in [6.45, 7) is -0.467. The number of benzene rings is 2. The largest absolute Gasteiger partial charge is 0.468 e. The number of nitrogens with zero attached hydrogens (tertiary/aromatic N) is 1. The second-order valence-electron chi connectivity index (χ2n) is 4.73. The van der Waals surface area contributed by atoms with Gasteiger partial charge in [-0.25, -0.2) is 8.42 Å². The van der Waals surface area contributed by atoms with Crippen molar-refractivity contribution in [2.45, 2.75) is 4.90 Å². The zero-order chi connectivity index (χ0) is 17.7. The van der Waals surface area contributed by atoms with Gasteiger partial charge in [-0.3, -0.25) is 14.9 Å². The fourth-order valence-electron chi connectivity index (χ4n) is 1.94. The molecule has 0 aliphatic rings. The van der Waals surface area contributed by atoms with Crippen LogP contribution in [0.1, 0.15) is 0 Å². The minimum atomic E-state index is -3.85. The predicted octanol–water partition coefficient (Wildman–Crippen LogP) is 1.71. The monoisotopic (exact) mass is 350 g/mol. The van der Waals surface area contributed by atoms with Gasteiger partial charge in [-0.1, -0.05) is 24.3 Å². The molecule has 2 aromatic rings. The third kappa shape index (κ3) is 4.15. The van der Waals surface area contributed by atoms with Gasteiger partial charge in [-0.05, 0) is 23.3 Å². The van der Waals surface area contributed by atoms with E-state index in [2.05, 4.69) is 9.46 Å². The average molecular weight is 350 g/mol. The molecule has 0 spiro atoms. The number of hydrogen-bond acceptors (Lipinski definition) is 6. The molecule has 1 N–H and O–H groups in total. The second kappa shape index (κ2) is 7.20. The highest BCUT2D eigenvalue weighted by atomic mass is 32.2. The zero-order valence-corrected chi connectivity index (χ0v) is 13.4. The Hall–Kier alpha value is -2.78. The van der Waals surface area contributed by atoms with Crippen LogP contribution in [0.25, 0.3) is 11.1 Å². The Morgan fingerprint density at radius 1 is 1.17 bits per heavy atom. The van der Waals surface area contributed by atoms with E-state index >= 15 is 0 Å². The minimum absolute atomic E-state index is 0.0272. The summed E-state index contributed by atoms with van der Waals surface area (Å²) in [4.78, 5) is 21.3. The Balaban J connectivity index is 2.23. The molecule has 24 heavy (non-hydrogen) atoms. The molecule has 2 aromatic carbocycles. The third-order valence-electron chi connectivity index (χ3n) is 3.19. The van der Waals surface area contributed by atoms with Crippen molar-refractivity contribution in [3.63, 3.8) is 0 Å². The van der Waals surface area contributed by atoms with Gasteiger partial charge in [-0.2, -0.15) is 4.72 Å². The van der Waals surface area contributed by atoms with E-state index in [4.69, 9.17) is 0 Å². The van der Waals surface area contributed by atoms with Gasteiger partial charge >= 0.3 is 5.97 Å². The molecular formula is C15H14N2O6S. The summed E-state index contributed by atoms with van der Waals surface area (Å²) in [5, 5.41) is 10.8. The van der Waals surface area contributed by atoms with E-state index in [1.807, 2.05) is 0 Å². The Morgan fingerprint density at radius 2 is 1.83 bits per heavy atom. The molecule has 0 radical (unpaired) electrons. The average Bonchev–Trinajstić information content (AvgIpc) is 2.60. The van der Waals surface area contributed by atoms with E-state index in [0.29, 0.717) is 11.1 Å². The lowest BCUT2D eigenvalue weighted by atomic mass is 10.1. The highest BCUT2D eigenvalue weighted by Gasteiger charge is 2.16. The van der Waals surface area contributed by atoms with Crippen molar-refractivity contribution < 1.29 is 22.9 Å². The smallest absolute Gasteiger partial charge is 0.320 e. The van der Waals surface area contributed by atoms with Gasteiger partial charge in [0.05, 0.1) is 16.9 Å². The molecule has 0 fully saturated rings. The van der Waals surface area contributed by atoms with Crippen LogP contribution in [0.4, 0.5) is 5.69 Å². The van der Waals surface area contributed by atoms with E-state index in [9.17, 15) is 23.3 Å². The number of nitro groups is 1. The maximum atomic E-state index is 12.0. The third-order valence-corrected chi connectivity index (χ3v) is 4.61. The van der Waals surface area contributed by atoms with Crippen LogP contribution in [-0.4, -0.2) is 33.0 Å². The van der Waals surface area contributed by atoms with Crippen molar-refractivity contribution in [2.24, 2.45) is 0 Å². The number of sulfonamides is 1. The van der Waals surface area contributed by atoms with Crippen LogP contribution in [0.2, 0.25) is 0 Å². The summed E-state index contributed by atoms with van der Waals surface area (Å²) in [7, 11) is -2.69. The Morgan fingerprint density at radius 3 is 2.42 bits per heavy atom. The maximum Gasteiger partial charge on any atom is 0.320 e. The van der Waals surface area contributed by atoms with Crippen LogP contribution < -0.4 is 4.72 Å². The molecule has 0 bridgehead atoms. The Bertz CT molecular complexity index is 862. The van der Waals surface area contributed by atoms with E-state index in [1.165, 1.54) is 36.4 Å². The molecule has 0 unspecified atom stereocenters. The summed E-state index contributed by atoms with van der Waals surface area (Å²) < 4.78 is 30.6. The number of nitrogens with one attached hydrogen (secondary N) is 1. The first kappa shape index (κ1) is 17.6. The van der Waals surface area contributed by atoms with Gasteiger partial charge in [0.15, 0.2) is 0 Å². The molecule has 0 amide bonds. The first-order valence-electron chi connectivity index (χ1n) is 6.75. The highest BCUT2D eigenvalue weighted by molar-refractivity contribution is 7.89. The normalized spacial score (nSPS) is 11.0. The quantitative estimate of drug-likeness (QED) is 0.482. The summed E-state index contributed by atoms with van der Waals surface area (Å²) in [6, 6.07) is 11.8. The molecule has 0 saturated heterocycles. The van der Waals surface area contributed by atoms with E-state index in [1.54, 1.807) is 12.1 Å². The fraction of sp³-hybridized carbons (Fsp3) is 0.133. The molecule has 0 aromatic heterocycles. The van der Waals surface area contributed by atoms with Crippen molar-refractivity contribution >= 4 is 21.7 Å². The van der Waals surface area contributed by atoms with Gasteiger partial charge in [0.25, 0.3) is 5.69 Å². The van der Waals surface area contributed by atoms with Gasteiger partial charge in [0.2, 0.25) is 10.0 Å². The number of methoxy groups -OCH3 is 1. The molecule has 0 aliphatic carbocycles. The number of nitro benzene ring substituents is 1. The highest BCUT2D eigenvalue weighted by Crippen LogP contribution is 2.24. The first-order chi connectivity index (χ1) is 11.3. The Labute approximate surface area is 138 Å². The number of non-ortho nitro benzene ring substituents is 1. The molecule has 0 heterocycles. The van der Waals surface area contributed by atoms with E-state index in [0.717, 1.165) is 7.11 Å². The van der Waals surface area contributed by atoms with E-state index in [-0.39, 0.29) is 10.6 Å². The summed E-state index contributed by atoms with van der Waals surface area (Å²) >= 11 is 0. The van der Waals surface area contributed by atoms with E-state index < -0.39 is 27.5 Å². The number of carbonyl (C=O) groups is 1. The lowest BCUT2D eigenvalue weighted by Gasteiger charge is -2.07. The molecule has 126 valence electrons.